The van der Waals surface area contributed by atoms with Crippen LogP contribution in [0.1, 0.15) is 17.0 Å². The van der Waals surface area contributed by atoms with Crippen molar-refractivity contribution in [1.82, 2.24) is 15.3 Å². The van der Waals surface area contributed by atoms with Gasteiger partial charge in [0, 0.05) is 24.5 Å². The van der Waals surface area contributed by atoms with Crippen molar-refractivity contribution < 1.29 is 9.21 Å². The summed E-state index contributed by atoms with van der Waals surface area (Å²) in [6.45, 7) is 2.28. The standard InChI is InChI=1S/C18H17N3O2/c1-13-16(21-18(23-13)15-7-3-2-4-8-15)10-17(22)20-12-14-6-5-9-19-11-14/h2-9,11H,10,12H2,1H3,(H,20,22). The first kappa shape index (κ1) is 15.0. The topological polar surface area (TPSA) is 68.0 Å². The van der Waals surface area contributed by atoms with Gasteiger partial charge in [-0.05, 0) is 30.7 Å². The molecule has 0 aliphatic carbocycles. The summed E-state index contributed by atoms with van der Waals surface area (Å²) in [5.41, 5.74) is 2.52. The molecule has 2 aromatic heterocycles. The second-order valence-electron chi connectivity index (χ2n) is 5.20. The van der Waals surface area contributed by atoms with E-state index in [2.05, 4.69) is 15.3 Å². The number of nitrogens with one attached hydrogen (secondary N) is 1. The van der Waals surface area contributed by atoms with Crippen LogP contribution in [-0.4, -0.2) is 15.9 Å². The zero-order valence-electron chi connectivity index (χ0n) is 12.8. The number of carbonyl (C=O) groups is 1. The van der Waals surface area contributed by atoms with E-state index in [4.69, 9.17) is 4.42 Å². The zero-order valence-corrected chi connectivity index (χ0v) is 12.8. The molecule has 3 aromatic rings. The van der Waals surface area contributed by atoms with Gasteiger partial charge < -0.3 is 9.73 Å². The number of oxazole rings is 1. The Balaban J connectivity index is 1.64. The predicted molar refractivity (Wildman–Crippen MR) is 86.5 cm³/mol. The molecule has 0 atom stereocenters. The third-order valence-corrected chi connectivity index (χ3v) is 3.45. The lowest BCUT2D eigenvalue weighted by Gasteiger charge is -2.03. The molecule has 0 aliphatic rings. The summed E-state index contributed by atoms with van der Waals surface area (Å²) in [5.74, 6) is 1.11. The lowest BCUT2D eigenvalue weighted by molar-refractivity contribution is -0.120. The van der Waals surface area contributed by atoms with E-state index < -0.39 is 0 Å². The van der Waals surface area contributed by atoms with Crippen LogP contribution in [0.2, 0.25) is 0 Å². The van der Waals surface area contributed by atoms with Gasteiger partial charge >= 0.3 is 0 Å². The number of benzene rings is 1. The van der Waals surface area contributed by atoms with Gasteiger partial charge in [-0.2, -0.15) is 0 Å². The SMILES string of the molecule is Cc1oc(-c2ccccc2)nc1CC(=O)NCc1cccnc1. The van der Waals surface area contributed by atoms with Gasteiger partial charge in [0.2, 0.25) is 11.8 Å². The maximum absolute atomic E-state index is 12.1. The molecule has 1 N–H and O–H groups in total. The molecular formula is C18H17N3O2. The molecule has 0 bridgehead atoms. The highest BCUT2D eigenvalue weighted by atomic mass is 16.4. The first-order valence-corrected chi connectivity index (χ1v) is 7.39. The van der Waals surface area contributed by atoms with Crippen LogP contribution in [0.5, 0.6) is 0 Å². The Morgan fingerprint density at radius 3 is 2.74 bits per heavy atom. The van der Waals surface area contributed by atoms with Crippen LogP contribution in [-0.2, 0) is 17.8 Å². The summed E-state index contributed by atoms with van der Waals surface area (Å²) in [7, 11) is 0. The number of rotatable bonds is 5. The Kier molecular flexibility index (Phi) is 4.47. The molecule has 3 rings (SSSR count). The molecule has 0 aliphatic heterocycles. The smallest absolute Gasteiger partial charge is 0.226 e. The van der Waals surface area contributed by atoms with Crippen molar-refractivity contribution in [3.05, 3.63) is 71.9 Å². The van der Waals surface area contributed by atoms with Crippen molar-refractivity contribution in [3.8, 4) is 11.5 Å². The number of hydrogen-bond donors (Lipinski definition) is 1. The Bertz CT molecular complexity index is 783. The highest BCUT2D eigenvalue weighted by molar-refractivity contribution is 5.78. The molecule has 23 heavy (non-hydrogen) atoms. The van der Waals surface area contributed by atoms with E-state index in [1.165, 1.54) is 0 Å². The number of nitrogens with zero attached hydrogens (tertiary/aromatic N) is 2. The molecule has 1 amide bonds. The van der Waals surface area contributed by atoms with Crippen molar-refractivity contribution in [1.29, 1.82) is 0 Å². The number of hydrogen-bond acceptors (Lipinski definition) is 4. The maximum atomic E-state index is 12.1. The van der Waals surface area contributed by atoms with E-state index in [0.29, 0.717) is 23.9 Å². The first-order chi connectivity index (χ1) is 11.2. The summed E-state index contributed by atoms with van der Waals surface area (Å²) in [6, 6.07) is 13.4. The second-order valence-corrected chi connectivity index (χ2v) is 5.20. The van der Waals surface area contributed by atoms with Gasteiger partial charge in [-0.15, -0.1) is 0 Å². The number of amides is 1. The van der Waals surface area contributed by atoms with Crippen LogP contribution in [0.25, 0.3) is 11.5 Å². The van der Waals surface area contributed by atoms with Gasteiger partial charge in [0.05, 0.1) is 12.1 Å². The number of carbonyl (C=O) groups excluding carboxylic acids is 1. The summed E-state index contributed by atoms with van der Waals surface area (Å²) in [6.07, 6.45) is 3.63. The Morgan fingerprint density at radius 1 is 1.17 bits per heavy atom. The van der Waals surface area contributed by atoms with Crippen molar-refractivity contribution in [2.45, 2.75) is 19.9 Å². The highest BCUT2D eigenvalue weighted by Gasteiger charge is 2.14. The summed E-state index contributed by atoms with van der Waals surface area (Å²) in [4.78, 5) is 20.5. The second kappa shape index (κ2) is 6.87. The van der Waals surface area contributed by atoms with Crippen molar-refractivity contribution in [2.75, 3.05) is 0 Å². The monoisotopic (exact) mass is 307 g/mol. The molecule has 0 saturated heterocycles. The van der Waals surface area contributed by atoms with Crippen LogP contribution in [0, 0.1) is 6.92 Å². The maximum Gasteiger partial charge on any atom is 0.226 e. The fourth-order valence-corrected chi connectivity index (χ4v) is 2.21. The van der Waals surface area contributed by atoms with Crippen LogP contribution in [0.3, 0.4) is 0 Å². The Labute approximate surface area is 134 Å². The highest BCUT2D eigenvalue weighted by Crippen LogP contribution is 2.21. The van der Waals surface area contributed by atoms with Crippen LogP contribution < -0.4 is 5.32 Å². The van der Waals surface area contributed by atoms with Gasteiger partial charge in [0.15, 0.2) is 0 Å². The van der Waals surface area contributed by atoms with E-state index in [-0.39, 0.29) is 12.3 Å². The molecule has 0 spiro atoms. The summed E-state index contributed by atoms with van der Waals surface area (Å²) >= 11 is 0. The number of aromatic nitrogens is 2. The minimum absolute atomic E-state index is 0.0927. The van der Waals surface area contributed by atoms with Crippen molar-refractivity contribution >= 4 is 5.91 Å². The normalized spacial score (nSPS) is 10.5. The molecule has 0 radical (unpaired) electrons. The molecule has 1 aromatic carbocycles. The predicted octanol–water partition coefficient (Wildman–Crippen LogP) is 2.90. The Hall–Kier alpha value is -2.95. The van der Waals surface area contributed by atoms with Crippen molar-refractivity contribution in [2.24, 2.45) is 0 Å². The quantitative estimate of drug-likeness (QED) is 0.787. The Morgan fingerprint density at radius 2 is 2.00 bits per heavy atom. The molecular weight excluding hydrogens is 290 g/mol. The van der Waals surface area contributed by atoms with Crippen molar-refractivity contribution in [3.63, 3.8) is 0 Å². The molecule has 5 heteroatoms. The summed E-state index contributed by atoms with van der Waals surface area (Å²) in [5, 5.41) is 2.86. The third kappa shape index (κ3) is 3.83. The van der Waals surface area contributed by atoms with E-state index in [1.807, 2.05) is 49.4 Å². The zero-order chi connectivity index (χ0) is 16.1. The van der Waals surface area contributed by atoms with Gasteiger partial charge in [-0.1, -0.05) is 24.3 Å². The third-order valence-electron chi connectivity index (χ3n) is 3.45. The number of aryl methyl sites for hydroxylation is 1. The van der Waals surface area contributed by atoms with Gasteiger partial charge in [0.25, 0.3) is 0 Å². The largest absolute Gasteiger partial charge is 0.441 e. The first-order valence-electron chi connectivity index (χ1n) is 7.39. The molecule has 5 nitrogen and oxygen atoms in total. The van der Waals surface area contributed by atoms with Crippen LogP contribution in [0.4, 0.5) is 0 Å². The van der Waals surface area contributed by atoms with Gasteiger partial charge in [0.1, 0.15) is 5.76 Å². The van der Waals surface area contributed by atoms with Gasteiger partial charge in [-0.25, -0.2) is 4.98 Å². The summed E-state index contributed by atoms with van der Waals surface area (Å²) < 4.78 is 5.66. The molecule has 116 valence electrons. The van der Waals surface area contributed by atoms with E-state index in [9.17, 15) is 4.79 Å². The van der Waals surface area contributed by atoms with Crippen LogP contribution >= 0.6 is 0 Å². The molecule has 2 heterocycles. The fraction of sp³-hybridized carbons (Fsp3) is 0.167. The van der Waals surface area contributed by atoms with Crippen LogP contribution in [0.15, 0.2) is 59.3 Å². The number of pyridine rings is 1. The van der Waals surface area contributed by atoms with Gasteiger partial charge in [-0.3, -0.25) is 9.78 Å². The lowest BCUT2D eigenvalue weighted by Crippen LogP contribution is -2.25. The lowest BCUT2D eigenvalue weighted by atomic mass is 10.2. The molecule has 0 saturated carbocycles. The van der Waals surface area contributed by atoms with E-state index >= 15 is 0 Å². The minimum Gasteiger partial charge on any atom is -0.441 e. The van der Waals surface area contributed by atoms with E-state index in [0.717, 1.165) is 11.1 Å². The molecule has 0 unspecified atom stereocenters. The fourth-order valence-electron chi connectivity index (χ4n) is 2.21. The average molecular weight is 307 g/mol. The minimum atomic E-state index is -0.0927. The van der Waals surface area contributed by atoms with E-state index in [1.54, 1.807) is 12.4 Å². The molecule has 0 fully saturated rings. The average Bonchev–Trinajstić information content (AvgIpc) is 2.95.